The van der Waals surface area contributed by atoms with Crippen molar-refractivity contribution >= 4 is 23.4 Å². The van der Waals surface area contributed by atoms with Crippen molar-refractivity contribution in [2.75, 3.05) is 24.7 Å². The van der Waals surface area contributed by atoms with Crippen molar-refractivity contribution < 1.29 is 9.90 Å². The topological polar surface area (TPSA) is 71.2 Å². The van der Waals surface area contributed by atoms with E-state index in [2.05, 4.69) is 10.2 Å². The number of aliphatic carboxylic acids is 1. The Labute approximate surface area is 127 Å². The van der Waals surface area contributed by atoms with Crippen molar-refractivity contribution in [3.05, 3.63) is 30.1 Å². The molecule has 0 bridgehead atoms. The average Bonchev–Trinajstić information content (AvgIpc) is 2.80. The minimum atomic E-state index is -0.805. The predicted octanol–water partition coefficient (Wildman–Crippen LogP) is 2.21. The number of aromatic nitrogens is 3. The maximum atomic E-state index is 10.6. The van der Waals surface area contributed by atoms with Crippen molar-refractivity contribution in [3.63, 3.8) is 0 Å². The summed E-state index contributed by atoms with van der Waals surface area (Å²) in [6.07, 6.45) is 0.107. The van der Waals surface area contributed by atoms with Crippen LogP contribution in [0.1, 0.15) is 12.2 Å². The molecule has 1 N–H and O–H groups in total. The summed E-state index contributed by atoms with van der Waals surface area (Å²) < 4.78 is 1.94. The number of benzene rings is 1. The van der Waals surface area contributed by atoms with Gasteiger partial charge in [0.1, 0.15) is 5.82 Å². The predicted molar refractivity (Wildman–Crippen MR) is 83.4 cm³/mol. The first kappa shape index (κ1) is 15.4. The quantitative estimate of drug-likeness (QED) is 0.825. The zero-order valence-corrected chi connectivity index (χ0v) is 13.1. The normalized spacial score (nSPS) is 10.6. The van der Waals surface area contributed by atoms with E-state index in [1.807, 2.05) is 54.8 Å². The molecule has 0 fully saturated rings. The highest BCUT2D eigenvalue weighted by Crippen LogP contribution is 2.23. The number of carboxylic acids is 1. The van der Waals surface area contributed by atoms with E-state index in [1.54, 1.807) is 0 Å². The molecule has 0 aliphatic rings. The summed E-state index contributed by atoms with van der Waals surface area (Å²) in [5.74, 6) is 0.453. The van der Waals surface area contributed by atoms with Crippen molar-refractivity contribution in [2.24, 2.45) is 0 Å². The molecule has 112 valence electrons. The summed E-state index contributed by atoms with van der Waals surface area (Å²) in [5, 5.41) is 17.6. The number of hydrogen-bond donors (Lipinski definition) is 1. The minimum Gasteiger partial charge on any atom is -0.481 e. The largest absolute Gasteiger partial charge is 0.481 e. The number of carbonyl (C=O) groups is 1. The van der Waals surface area contributed by atoms with Crippen LogP contribution in [0.25, 0.3) is 5.69 Å². The molecular formula is C14H18N4O2S. The van der Waals surface area contributed by atoms with E-state index in [0.717, 1.165) is 17.2 Å². The van der Waals surface area contributed by atoms with Crippen LogP contribution < -0.4 is 4.90 Å². The molecule has 2 aromatic rings. The summed E-state index contributed by atoms with van der Waals surface area (Å²) in [7, 11) is 3.98. The van der Waals surface area contributed by atoms with Crippen LogP contribution in [0.4, 0.5) is 5.69 Å². The Kier molecular flexibility index (Phi) is 4.85. The molecule has 7 heteroatoms. The second kappa shape index (κ2) is 6.62. The van der Waals surface area contributed by atoms with Crippen LogP contribution in [0.15, 0.2) is 29.4 Å². The molecule has 21 heavy (non-hydrogen) atoms. The van der Waals surface area contributed by atoms with Gasteiger partial charge in [-0.15, -0.1) is 10.2 Å². The first-order valence-corrected chi connectivity index (χ1v) is 7.52. The minimum absolute atomic E-state index is 0.107. The summed E-state index contributed by atoms with van der Waals surface area (Å²) in [6.45, 7) is 1.88. The van der Waals surface area contributed by atoms with E-state index >= 15 is 0 Å². The Balaban J connectivity index is 2.22. The molecule has 0 saturated heterocycles. The number of carboxylic acid groups (broad SMARTS) is 1. The second-order valence-electron chi connectivity index (χ2n) is 4.77. The van der Waals surface area contributed by atoms with E-state index < -0.39 is 5.97 Å². The molecule has 0 aliphatic carbocycles. The monoisotopic (exact) mass is 306 g/mol. The molecule has 0 spiro atoms. The molecule has 0 aliphatic heterocycles. The fraction of sp³-hybridized carbons (Fsp3) is 0.357. The number of rotatable bonds is 6. The lowest BCUT2D eigenvalue weighted by atomic mass is 10.2. The fourth-order valence-electron chi connectivity index (χ4n) is 1.86. The smallest absolute Gasteiger partial charge is 0.304 e. The fourth-order valence-corrected chi connectivity index (χ4v) is 2.79. The first-order chi connectivity index (χ1) is 9.99. The van der Waals surface area contributed by atoms with Crippen LogP contribution in [-0.2, 0) is 4.79 Å². The standard InChI is InChI=1S/C14H18N4O2S/c1-10-15-16-14(21-9-8-13(19)20)18(10)12-6-4-11(5-7-12)17(2)3/h4-7H,8-9H2,1-3H3,(H,19,20). The van der Waals surface area contributed by atoms with Crippen molar-refractivity contribution in [2.45, 2.75) is 18.5 Å². The van der Waals surface area contributed by atoms with Crippen LogP contribution in [-0.4, -0.2) is 45.7 Å². The highest BCUT2D eigenvalue weighted by atomic mass is 32.2. The Morgan fingerprint density at radius 2 is 1.95 bits per heavy atom. The second-order valence-corrected chi connectivity index (χ2v) is 5.83. The van der Waals surface area contributed by atoms with Gasteiger partial charge < -0.3 is 10.0 Å². The highest BCUT2D eigenvalue weighted by molar-refractivity contribution is 7.99. The number of thioether (sulfide) groups is 1. The summed E-state index contributed by atoms with van der Waals surface area (Å²) in [6, 6.07) is 8.07. The van der Waals surface area contributed by atoms with E-state index in [4.69, 9.17) is 5.11 Å². The van der Waals surface area contributed by atoms with E-state index in [-0.39, 0.29) is 6.42 Å². The van der Waals surface area contributed by atoms with Crippen LogP contribution in [0, 0.1) is 6.92 Å². The molecule has 0 amide bonds. The Morgan fingerprint density at radius 3 is 2.52 bits per heavy atom. The van der Waals surface area contributed by atoms with E-state index in [9.17, 15) is 4.79 Å². The van der Waals surface area contributed by atoms with Crippen molar-refractivity contribution in [1.29, 1.82) is 0 Å². The number of nitrogens with zero attached hydrogens (tertiary/aromatic N) is 4. The average molecular weight is 306 g/mol. The Morgan fingerprint density at radius 1 is 1.29 bits per heavy atom. The van der Waals surface area contributed by atoms with E-state index in [0.29, 0.717) is 10.9 Å². The van der Waals surface area contributed by atoms with Gasteiger partial charge in [-0.2, -0.15) is 0 Å². The zero-order chi connectivity index (χ0) is 15.4. The lowest BCUT2D eigenvalue weighted by molar-refractivity contribution is -0.136. The molecule has 1 heterocycles. The maximum Gasteiger partial charge on any atom is 0.304 e. The Bertz CT molecular complexity index is 622. The van der Waals surface area contributed by atoms with Crippen molar-refractivity contribution in [3.8, 4) is 5.69 Å². The molecule has 6 nitrogen and oxygen atoms in total. The van der Waals surface area contributed by atoms with Crippen LogP contribution >= 0.6 is 11.8 Å². The molecule has 1 aromatic carbocycles. The molecular weight excluding hydrogens is 288 g/mol. The van der Waals surface area contributed by atoms with Gasteiger partial charge in [0.15, 0.2) is 5.16 Å². The van der Waals surface area contributed by atoms with Crippen LogP contribution in [0.5, 0.6) is 0 Å². The number of aryl methyl sites for hydroxylation is 1. The van der Waals surface area contributed by atoms with Gasteiger partial charge in [-0.3, -0.25) is 9.36 Å². The Hall–Kier alpha value is -2.02. The van der Waals surface area contributed by atoms with Gasteiger partial charge in [0, 0.05) is 31.2 Å². The number of hydrogen-bond acceptors (Lipinski definition) is 5. The molecule has 0 unspecified atom stereocenters. The molecule has 0 radical (unpaired) electrons. The van der Waals surface area contributed by atoms with Gasteiger partial charge in [0.2, 0.25) is 0 Å². The van der Waals surface area contributed by atoms with Gasteiger partial charge in [-0.1, -0.05) is 11.8 Å². The molecule has 1 aromatic heterocycles. The van der Waals surface area contributed by atoms with Crippen LogP contribution in [0.2, 0.25) is 0 Å². The summed E-state index contributed by atoms with van der Waals surface area (Å²) in [5.41, 5.74) is 2.09. The third-order valence-electron chi connectivity index (χ3n) is 2.97. The highest BCUT2D eigenvalue weighted by Gasteiger charge is 2.12. The van der Waals surface area contributed by atoms with Crippen molar-refractivity contribution in [1.82, 2.24) is 14.8 Å². The van der Waals surface area contributed by atoms with Gasteiger partial charge in [-0.05, 0) is 31.2 Å². The van der Waals surface area contributed by atoms with Gasteiger partial charge >= 0.3 is 5.97 Å². The van der Waals surface area contributed by atoms with Gasteiger partial charge in [-0.25, -0.2) is 0 Å². The molecule has 0 saturated carbocycles. The SMILES string of the molecule is Cc1nnc(SCCC(=O)O)n1-c1ccc(N(C)C)cc1. The van der Waals surface area contributed by atoms with Gasteiger partial charge in [0.05, 0.1) is 6.42 Å². The maximum absolute atomic E-state index is 10.6. The van der Waals surface area contributed by atoms with Gasteiger partial charge in [0.25, 0.3) is 0 Å². The number of anilines is 1. The lowest BCUT2D eigenvalue weighted by Crippen LogP contribution is -2.08. The van der Waals surface area contributed by atoms with E-state index in [1.165, 1.54) is 11.8 Å². The third kappa shape index (κ3) is 3.75. The zero-order valence-electron chi connectivity index (χ0n) is 12.3. The van der Waals surface area contributed by atoms with Crippen LogP contribution in [0.3, 0.4) is 0 Å². The first-order valence-electron chi connectivity index (χ1n) is 6.53. The molecule has 0 atom stereocenters. The summed E-state index contributed by atoms with van der Waals surface area (Å²) >= 11 is 1.40. The lowest BCUT2D eigenvalue weighted by Gasteiger charge is -2.14. The molecule has 2 rings (SSSR count). The summed E-state index contributed by atoms with van der Waals surface area (Å²) in [4.78, 5) is 12.6. The third-order valence-corrected chi connectivity index (χ3v) is 3.90.